The Hall–Kier alpha value is -2.14. The lowest BCUT2D eigenvalue weighted by Gasteiger charge is -2.18. The molecule has 0 saturated carbocycles. The molecule has 0 bridgehead atoms. The SMILES string of the molecule is C=CC(=O)OCCOc1ccccc1C(=O)C(C)(C)O. The van der Waals surface area contributed by atoms with Gasteiger partial charge in [-0.25, -0.2) is 4.79 Å². The molecular formula is C15H18O5. The van der Waals surface area contributed by atoms with Crippen molar-refractivity contribution in [1.82, 2.24) is 0 Å². The van der Waals surface area contributed by atoms with Crippen molar-refractivity contribution in [3.63, 3.8) is 0 Å². The van der Waals surface area contributed by atoms with Gasteiger partial charge in [-0.3, -0.25) is 4.79 Å². The van der Waals surface area contributed by atoms with Crippen LogP contribution in [0.25, 0.3) is 0 Å². The zero-order valence-corrected chi connectivity index (χ0v) is 11.6. The molecular weight excluding hydrogens is 260 g/mol. The van der Waals surface area contributed by atoms with E-state index >= 15 is 0 Å². The molecule has 0 aromatic heterocycles. The number of ether oxygens (including phenoxy) is 2. The number of carbonyl (C=O) groups excluding carboxylic acids is 2. The standard InChI is InChI=1S/C15H18O5/c1-4-13(16)20-10-9-19-12-8-6-5-7-11(12)14(17)15(2,3)18/h4-8,18H,1,9-10H2,2-3H3. The van der Waals surface area contributed by atoms with Crippen molar-refractivity contribution in [2.75, 3.05) is 13.2 Å². The minimum atomic E-state index is -1.48. The molecule has 0 heterocycles. The van der Waals surface area contributed by atoms with Gasteiger partial charge >= 0.3 is 5.97 Å². The van der Waals surface area contributed by atoms with Crippen molar-refractivity contribution in [3.05, 3.63) is 42.5 Å². The van der Waals surface area contributed by atoms with Crippen LogP contribution in [0.5, 0.6) is 5.75 Å². The maximum Gasteiger partial charge on any atom is 0.330 e. The van der Waals surface area contributed by atoms with E-state index in [2.05, 4.69) is 6.58 Å². The summed E-state index contributed by atoms with van der Waals surface area (Å²) in [6.45, 7) is 6.26. The first-order chi connectivity index (χ1) is 9.36. The summed E-state index contributed by atoms with van der Waals surface area (Å²) >= 11 is 0. The third kappa shape index (κ3) is 4.51. The largest absolute Gasteiger partial charge is 0.489 e. The Morgan fingerprint density at radius 1 is 1.30 bits per heavy atom. The Balaban J connectivity index is 2.69. The quantitative estimate of drug-likeness (QED) is 0.356. The number of benzene rings is 1. The van der Waals surface area contributed by atoms with E-state index in [0.29, 0.717) is 5.75 Å². The second-order valence-electron chi connectivity index (χ2n) is 4.60. The highest BCUT2D eigenvalue weighted by molar-refractivity contribution is 6.03. The van der Waals surface area contributed by atoms with Gasteiger partial charge < -0.3 is 14.6 Å². The molecule has 0 aliphatic rings. The van der Waals surface area contributed by atoms with Crippen molar-refractivity contribution < 1.29 is 24.2 Å². The number of rotatable bonds is 7. The van der Waals surface area contributed by atoms with Gasteiger partial charge in [0.25, 0.3) is 0 Å². The molecule has 20 heavy (non-hydrogen) atoms. The summed E-state index contributed by atoms with van der Waals surface area (Å²) in [7, 11) is 0. The van der Waals surface area contributed by atoms with Crippen LogP contribution in [0.15, 0.2) is 36.9 Å². The average Bonchev–Trinajstić information content (AvgIpc) is 2.42. The smallest absolute Gasteiger partial charge is 0.330 e. The Kier molecular flexibility index (Phi) is 5.46. The number of ketones is 1. The summed E-state index contributed by atoms with van der Waals surface area (Å²) < 4.78 is 10.2. The fourth-order valence-corrected chi connectivity index (χ4v) is 1.46. The minimum Gasteiger partial charge on any atom is -0.489 e. The zero-order chi connectivity index (χ0) is 15.2. The van der Waals surface area contributed by atoms with Gasteiger partial charge in [-0.05, 0) is 26.0 Å². The van der Waals surface area contributed by atoms with Crippen molar-refractivity contribution in [2.45, 2.75) is 19.4 Å². The molecule has 0 aliphatic heterocycles. The van der Waals surface area contributed by atoms with Gasteiger partial charge in [0, 0.05) is 6.08 Å². The molecule has 0 amide bonds. The Morgan fingerprint density at radius 2 is 1.95 bits per heavy atom. The van der Waals surface area contributed by atoms with Gasteiger partial charge in [-0.1, -0.05) is 18.7 Å². The van der Waals surface area contributed by atoms with Crippen LogP contribution in [0.3, 0.4) is 0 Å². The predicted molar refractivity (Wildman–Crippen MR) is 73.7 cm³/mol. The van der Waals surface area contributed by atoms with Crippen LogP contribution in [0.1, 0.15) is 24.2 Å². The number of hydrogen-bond donors (Lipinski definition) is 1. The zero-order valence-electron chi connectivity index (χ0n) is 11.6. The van der Waals surface area contributed by atoms with Crippen LogP contribution >= 0.6 is 0 Å². The van der Waals surface area contributed by atoms with Gasteiger partial charge in [0.15, 0.2) is 5.78 Å². The molecule has 0 atom stereocenters. The van der Waals surface area contributed by atoms with Crippen LogP contribution in [-0.2, 0) is 9.53 Å². The van der Waals surface area contributed by atoms with Gasteiger partial charge in [0.2, 0.25) is 0 Å². The van der Waals surface area contributed by atoms with E-state index in [-0.39, 0.29) is 18.8 Å². The molecule has 5 nitrogen and oxygen atoms in total. The van der Waals surface area contributed by atoms with E-state index in [1.807, 2.05) is 0 Å². The highest BCUT2D eigenvalue weighted by Crippen LogP contribution is 2.23. The van der Waals surface area contributed by atoms with E-state index < -0.39 is 17.4 Å². The first-order valence-corrected chi connectivity index (χ1v) is 6.14. The molecule has 1 aromatic rings. The third-order valence-corrected chi connectivity index (χ3v) is 2.44. The topological polar surface area (TPSA) is 72.8 Å². The first-order valence-electron chi connectivity index (χ1n) is 6.14. The Bertz CT molecular complexity index is 499. The van der Waals surface area contributed by atoms with Gasteiger partial charge in [-0.15, -0.1) is 0 Å². The van der Waals surface area contributed by atoms with E-state index in [1.54, 1.807) is 24.3 Å². The number of carbonyl (C=O) groups is 2. The summed E-state index contributed by atoms with van der Waals surface area (Å²) in [6, 6.07) is 6.59. The minimum absolute atomic E-state index is 0.0515. The predicted octanol–water partition coefficient (Wildman–Crippen LogP) is 1.75. The van der Waals surface area contributed by atoms with E-state index in [9.17, 15) is 14.7 Å². The van der Waals surface area contributed by atoms with E-state index in [1.165, 1.54) is 13.8 Å². The average molecular weight is 278 g/mol. The van der Waals surface area contributed by atoms with Crippen molar-refractivity contribution in [1.29, 1.82) is 0 Å². The maximum atomic E-state index is 12.0. The summed E-state index contributed by atoms with van der Waals surface area (Å²) in [5.41, 5.74) is -1.19. The fourth-order valence-electron chi connectivity index (χ4n) is 1.46. The number of Topliss-reactive ketones (excluding diaryl/α,β-unsaturated/α-hetero) is 1. The fraction of sp³-hybridized carbons (Fsp3) is 0.333. The number of hydrogen-bond acceptors (Lipinski definition) is 5. The first kappa shape index (κ1) is 15.9. The Morgan fingerprint density at radius 3 is 2.55 bits per heavy atom. The Labute approximate surface area is 117 Å². The highest BCUT2D eigenvalue weighted by Gasteiger charge is 2.27. The van der Waals surface area contributed by atoms with Gasteiger partial charge in [0.1, 0.15) is 24.6 Å². The molecule has 0 unspecified atom stereocenters. The number of esters is 1. The normalized spacial score (nSPS) is 10.8. The van der Waals surface area contributed by atoms with Crippen LogP contribution < -0.4 is 4.74 Å². The summed E-state index contributed by atoms with van der Waals surface area (Å²) in [6.07, 6.45) is 1.06. The van der Waals surface area contributed by atoms with Crippen molar-refractivity contribution in [3.8, 4) is 5.75 Å². The summed E-state index contributed by atoms with van der Waals surface area (Å²) in [5.74, 6) is -0.625. The van der Waals surface area contributed by atoms with Crippen LogP contribution in [0, 0.1) is 0 Å². The molecule has 0 fully saturated rings. The second-order valence-corrected chi connectivity index (χ2v) is 4.60. The van der Waals surface area contributed by atoms with Crippen molar-refractivity contribution in [2.24, 2.45) is 0 Å². The second kappa shape index (κ2) is 6.86. The lowest BCUT2D eigenvalue weighted by molar-refractivity contribution is -0.138. The lowest BCUT2D eigenvalue weighted by atomic mass is 9.96. The maximum absolute atomic E-state index is 12.0. The molecule has 1 N–H and O–H groups in total. The number of aliphatic hydroxyl groups is 1. The molecule has 5 heteroatoms. The van der Waals surface area contributed by atoms with E-state index in [4.69, 9.17) is 9.47 Å². The third-order valence-electron chi connectivity index (χ3n) is 2.44. The molecule has 108 valence electrons. The monoisotopic (exact) mass is 278 g/mol. The number of para-hydroxylation sites is 1. The molecule has 1 aromatic carbocycles. The van der Waals surface area contributed by atoms with Gasteiger partial charge in [0.05, 0.1) is 5.56 Å². The molecule has 0 aliphatic carbocycles. The lowest BCUT2D eigenvalue weighted by Crippen LogP contribution is -2.31. The highest BCUT2D eigenvalue weighted by atomic mass is 16.6. The van der Waals surface area contributed by atoms with Crippen molar-refractivity contribution >= 4 is 11.8 Å². The molecule has 0 spiro atoms. The molecule has 1 rings (SSSR count). The van der Waals surface area contributed by atoms with Crippen LogP contribution in [0.4, 0.5) is 0 Å². The summed E-state index contributed by atoms with van der Waals surface area (Å²) in [5, 5.41) is 9.75. The van der Waals surface area contributed by atoms with E-state index in [0.717, 1.165) is 6.08 Å². The van der Waals surface area contributed by atoms with Crippen LogP contribution in [-0.4, -0.2) is 35.7 Å². The summed E-state index contributed by atoms with van der Waals surface area (Å²) in [4.78, 5) is 22.9. The molecule has 0 radical (unpaired) electrons. The molecule has 0 saturated heterocycles. The van der Waals surface area contributed by atoms with Gasteiger partial charge in [-0.2, -0.15) is 0 Å². The van der Waals surface area contributed by atoms with Crippen LogP contribution in [0.2, 0.25) is 0 Å².